The van der Waals surface area contributed by atoms with Crippen LogP contribution in [-0.4, -0.2) is 5.78 Å². The van der Waals surface area contributed by atoms with Crippen molar-refractivity contribution in [1.29, 1.82) is 0 Å². The lowest BCUT2D eigenvalue weighted by Crippen LogP contribution is -2.17. The predicted molar refractivity (Wildman–Crippen MR) is 77.0 cm³/mol. The van der Waals surface area contributed by atoms with Crippen molar-refractivity contribution in [3.05, 3.63) is 47.5 Å². The molecule has 0 heterocycles. The topological polar surface area (TPSA) is 17.1 Å². The van der Waals surface area contributed by atoms with Crippen molar-refractivity contribution in [1.82, 2.24) is 0 Å². The first-order valence-corrected chi connectivity index (χ1v) is 6.55. The van der Waals surface area contributed by atoms with E-state index in [2.05, 4.69) is 26.8 Å². The second kappa shape index (κ2) is 4.93. The maximum absolute atomic E-state index is 12.5. The number of rotatable bonds is 3. The maximum atomic E-state index is 12.5. The van der Waals surface area contributed by atoms with E-state index >= 15 is 0 Å². The van der Waals surface area contributed by atoms with E-state index in [1.165, 1.54) is 10.9 Å². The van der Waals surface area contributed by atoms with Gasteiger partial charge in [-0.1, -0.05) is 57.2 Å². The molecule has 2 rings (SSSR count). The van der Waals surface area contributed by atoms with Crippen LogP contribution < -0.4 is 0 Å². The van der Waals surface area contributed by atoms with Crippen LogP contribution in [0.15, 0.2) is 36.4 Å². The van der Waals surface area contributed by atoms with Crippen LogP contribution in [0.5, 0.6) is 0 Å². The highest BCUT2D eigenvalue weighted by Gasteiger charge is 2.20. The van der Waals surface area contributed by atoms with Crippen LogP contribution in [0.25, 0.3) is 10.8 Å². The Morgan fingerprint density at radius 1 is 0.944 bits per heavy atom. The summed E-state index contributed by atoms with van der Waals surface area (Å²) in [5.74, 6) is 0.690. The highest BCUT2D eigenvalue weighted by molar-refractivity contribution is 6.09. The number of benzene rings is 2. The first-order valence-electron chi connectivity index (χ1n) is 6.55. The summed E-state index contributed by atoms with van der Waals surface area (Å²) < 4.78 is 0. The molecule has 0 saturated heterocycles. The molecule has 0 aliphatic heterocycles. The lowest BCUT2D eigenvalue weighted by atomic mass is 9.87. The fraction of sp³-hybridized carbons (Fsp3) is 0.353. The van der Waals surface area contributed by atoms with Crippen molar-refractivity contribution in [2.75, 3.05) is 0 Å². The molecule has 0 spiro atoms. The average molecular weight is 240 g/mol. The van der Waals surface area contributed by atoms with E-state index in [4.69, 9.17) is 0 Å². The Bertz CT molecular complexity index is 581. The molecule has 94 valence electrons. The lowest BCUT2D eigenvalue weighted by molar-refractivity contribution is 0.0901. The number of ketones is 1. The predicted octanol–water partition coefficient (Wildman–Crippen LogP) is 4.62. The van der Waals surface area contributed by atoms with Gasteiger partial charge in [-0.25, -0.2) is 0 Å². The molecule has 1 heteroatoms. The van der Waals surface area contributed by atoms with Gasteiger partial charge in [-0.2, -0.15) is 0 Å². The molecule has 1 nitrogen and oxygen atoms in total. The van der Waals surface area contributed by atoms with Gasteiger partial charge in [-0.3, -0.25) is 4.79 Å². The molecule has 2 aromatic carbocycles. The Hall–Kier alpha value is -1.63. The molecule has 0 aliphatic carbocycles. The van der Waals surface area contributed by atoms with E-state index in [9.17, 15) is 4.79 Å². The van der Waals surface area contributed by atoms with Crippen molar-refractivity contribution in [2.24, 2.45) is 11.8 Å². The molecule has 0 N–H and O–H groups in total. The third kappa shape index (κ3) is 2.17. The van der Waals surface area contributed by atoms with Gasteiger partial charge in [0.25, 0.3) is 0 Å². The standard InChI is InChI=1S/C17H20O/c1-11(2)13(4)17(18)16-10-9-12(3)14-7-5-6-8-15(14)16/h5-11,13H,1-4H3. The summed E-state index contributed by atoms with van der Waals surface area (Å²) in [6.07, 6.45) is 0. The molecule has 0 aliphatic rings. The third-order valence-corrected chi connectivity index (χ3v) is 3.82. The Kier molecular flexibility index (Phi) is 3.51. The molecule has 0 radical (unpaired) electrons. The summed E-state index contributed by atoms with van der Waals surface area (Å²) in [5.41, 5.74) is 2.08. The molecular formula is C17H20O. The summed E-state index contributed by atoms with van der Waals surface area (Å²) in [6.45, 7) is 8.29. The van der Waals surface area contributed by atoms with Crippen LogP contribution in [-0.2, 0) is 0 Å². The zero-order valence-electron chi connectivity index (χ0n) is 11.5. The van der Waals surface area contributed by atoms with Gasteiger partial charge in [0, 0.05) is 11.5 Å². The van der Waals surface area contributed by atoms with Gasteiger partial charge in [-0.15, -0.1) is 0 Å². The molecule has 0 amide bonds. The first kappa shape index (κ1) is 12.8. The van der Waals surface area contributed by atoms with Crippen molar-refractivity contribution in [2.45, 2.75) is 27.7 Å². The van der Waals surface area contributed by atoms with Crippen LogP contribution in [0.2, 0.25) is 0 Å². The first-order chi connectivity index (χ1) is 8.52. The maximum Gasteiger partial charge on any atom is 0.166 e. The summed E-state index contributed by atoms with van der Waals surface area (Å²) in [7, 11) is 0. The van der Waals surface area contributed by atoms with E-state index in [0.717, 1.165) is 10.9 Å². The molecule has 0 aromatic heterocycles. The van der Waals surface area contributed by atoms with Gasteiger partial charge in [0.2, 0.25) is 0 Å². The number of aryl methyl sites for hydroxylation is 1. The number of carbonyl (C=O) groups excluding carboxylic acids is 1. The van der Waals surface area contributed by atoms with Crippen molar-refractivity contribution in [3.63, 3.8) is 0 Å². The normalized spacial score (nSPS) is 12.9. The fourth-order valence-electron chi connectivity index (χ4n) is 2.21. The minimum Gasteiger partial charge on any atom is -0.294 e. The monoisotopic (exact) mass is 240 g/mol. The van der Waals surface area contributed by atoms with Crippen LogP contribution in [0, 0.1) is 18.8 Å². The Labute approximate surface area is 109 Å². The largest absolute Gasteiger partial charge is 0.294 e. The van der Waals surface area contributed by atoms with Crippen molar-refractivity contribution >= 4 is 16.6 Å². The number of hydrogen-bond donors (Lipinski definition) is 0. The van der Waals surface area contributed by atoms with Crippen LogP contribution >= 0.6 is 0 Å². The zero-order valence-corrected chi connectivity index (χ0v) is 11.5. The molecule has 1 atom stereocenters. The molecule has 0 bridgehead atoms. The third-order valence-electron chi connectivity index (χ3n) is 3.82. The molecule has 1 unspecified atom stereocenters. The van der Waals surface area contributed by atoms with E-state index in [1.54, 1.807) is 0 Å². The van der Waals surface area contributed by atoms with Crippen molar-refractivity contribution in [3.8, 4) is 0 Å². The number of Topliss-reactive ketones (excluding diaryl/α,β-unsaturated/α-hetero) is 1. The zero-order chi connectivity index (χ0) is 13.3. The van der Waals surface area contributed by atoms with Gasteiger partial charge in [0.1, 0.15) is 0 Å². The number of hydrogen-bond acceptors (Lipinski definition) is 1. The molecular weight excluding hydrogens is 220 g/mol. The highest BCUT2D eigenvalue weighted by Crippen LogP contribution is 2.26. The molecule has 18 heavy (non-hydrogen) atoms. The minimum absolute atomic E-state index is 0.0658. The molecule has 2 aromatic rings. The van der Waals surface area contributed by atoms with Gasteiger partial charge >= 0.3 is 0 Å². The SMILES string of the molecule is Cc1ccc(C(=O)C(C)C(C)C)c2ccccc12. The Morgan fingerprint density at radius 2 is 1.56 bits per heavy atom. The minimum atomic E-state index is 0.0658. The van der Waals surface area contributed by atoms with E-state index < -0.39 is 0 Å². The van der Waals surface area contributed by atoms with Crippen LogP contribution in [0.4, 0.5) is 0 Å². The molecule has 0 fully saturated rings. The van der Waals surface area contributed by atoms with Gasteiger partial charge in [0.05, 0.1) is 0 Å². The van der Waals surface area contributed by atoms with E-state index in [0.29, 0.717) is 5.92 Å². The number of fused-ring (bicyclic) bond motifs is 1. The summed E-state index contributed by atoms with van der Waals surface area (Å²) in [5, 5.41) is 2.26. The lowest BCUT2D eigenvalue weighted by Gasteiger charge is -2.16. The highest BCUT2D eigenvalue weighted by atomic mass is 16.1. The van der Waals surface area contributed by atoms with Gasteiger partial charge < -0.3 is 0 Å². The summed E-state index contributed by atoms with van der Waals surface area (Å²) in [4.78, 5) is 12.5. The average Bonchev–Trinajstić information content (AvgIpc) is 2.38. The van der Waals surface area contributed by atoms with Crippen LogP contribution in [0.1, 0.15) is 36.7 Å². The molecule has 0 saturated carbocycles. The quantitative estimate of drug-likeness (QED) is 0.715. The van der Waals surface area contributed by atoms with Gasteiger partial charge in [-0.05, 0) is 29.2 Å². The Morgan fingerprint density at radius 3 is 2.17 bits per heavy atom. The van der Waals surface area contributed by atoms with E-state index in [1.807, 2.05) is 37.3 Å². The van der Waals surface area contributed by atoms with Crippen LogP contribution in [0.3, 0.4) is 0 Å². The fourth-order valence-corrected chi connectivity index (χ4v) is 2.21. The smallest absolute Gasteiger partial charge is 0.166 e. The second-order valence-electron chi connectivity index (χ2n) is 5.37. The number of carbonyl (C=O) groups is 1. The summed E-state index contributed by atoms with van der Waals surface area (Å²) >= 11 is 0. The van der Waals surface area contributed by atoms with Crippen molar-refractivity contribution < 1.29 is 4.79 Å². The van der Waals surface area contributed by atoms with E-state index in [-0.39, 0.29) is 11.7 Å². The Balaban J connectivity index is 2.59. The second-order valence-corrected chi connectivity index (χ2v) is 5.37. The summed E-state index contributed by atoms with van der Waals surface area (Å²) in [6, 6.07) is 12.2. The van der Waals surface area contributed by atoms with Gasteiger partial charge in [0.15, 0.2) is 5.78 Å².